The lowest BCUT2D eigenvalue weighted by Gasteiger charge is -2.13. The summed E-state index contributed by atoms with van der Waals surface area (Å²) in [6, 6.07) is 12.8. The van der Waals surface area contributed by atoms with E-state index in [0.29, 0.717) is 42.7 Å². The number of carbonyl (C=O) groups is 1. The van der Waals surface area contributed by atoms with E-state index in [1.54, 1.807) is 12.1 Å². The van der Waals surface area contributed by atoms with E-state index >= 15 is 0 Å². The molecular formula is C24H29N3O5S2. The van der Waals surface area contributed by atoms with Gasteiger partial charge in [-0.05, 0) is 56.2 Å². The van der Waals surface area contributed by atoms with Crippen molar-refractivity contribution in [3.63, 3.8) is 0 Å². The number of aliphatic imine (C=N–C) groups is 1. The summed E-state index contributed by atoms with van der Waals surface area (Å²) in [6.45, 7) is 5.46. The van der Waals surface area contributed by atoms with Crippen molar-refractivity contribution in [1.82, 2.24) is 5.32 Å². The first-order chi connectivity index (χ1) is 16.4. The van der Waals surface area contributed by atoms with E-state index in [1.807, 2.05) is 44.2 Å². The van der Waals surface area contributed by atoms with Crippen molar-refractivity contribution >= 4 is 38.4 Å². The van der Waals surface area contributed by atoms with Crippen LogP contribution in [0.3, 0.4) is 0 Å². The number of nitrogens with one attached hydrogen (secondary N) is 2. The molecule has 34 heavy (non-hydrogen) atoms. The summed E-state index contributed by atoms with van der Waals surface area (Å²) >= 11 is 1.45. The number of nitrogens with zero attached hydrogens (tertiary/aromatic N) is 1. The van der Waals surface area contributed by atoms with Gasteiger partial charge >= 0.3 is 0 Å². The Labute approximate surface area is 204 Å². The molecule has 0 unspecified atom stereocenters. The largest absolute Gasteiger partial charge is 0.490 e. The van der Waals surface area contributed by atoms with Gasteiger partial charge in [-0.2, -0.15) is 0 Å². The van der Waals surface area contributed by atoms with E-state index in [1.165, 1.54) is 11.8 Å². The number of thioether (sulfide) groups is 1. The van der Waals surface area contributed by atoms with Crippen molar-refractivity contribution < 1.29 is 22.7 Å². The third kappa shape index (κ3) is 6.04. The van der Waals surface area contributed by atoms with Crippen molar-refractivity contribution in [2.75, 3.05) is 36.6 Å². The highest BCUT2D eigenvalue weighted by atomic mass is 32.2. The number of amides is 1. The predicted octanol–water partition coefficient (Wildman–Crippen LogP) is 3.14. The lowest BCUT2D eigenvalue weighted by molar-refractivity contribution is 0.0954. The molecule has 1 fully saturated rings. The zero-order valence-electron chi connectivity index (χ0n) is 19.2. The number of anilines is 1. The molecule has 2 aromatic carbocycles. The molecule has 10 heteroatoms. The monoisotopic (exact) mass is 503 g/mol. The maximum atomic E-state index is 12.7. The van der Waals surface area contributed by atoms with Crippen LogP contribution in [0.4, 0.5) is 5.69 Å². The fraction of sp³-hybridized carbons (Fsp3) is 0.417. The number of carbonyl (C=O) groups excluding carboxylic acids is 1. The Bertz CT molecular complexity index is 1180. The molecule has 0 bridgehead atoms. The van der Waals surface area contributed by atoms with Crippen LogP contribution in [0.1, 0.15) is 29.8 Å². The van der Waals surface area contributed by atoms with Gasteiger partial charge in [0.2, 0.25) is 0 Å². The lowest BCUT2D eigenvalue weighted by atomic mass is 10.1. The molecule has 0 saturated carbocycles. The van der Waals surface area contributed by atoms with Crippen molar-refractivity contribution in [3.05, 3.63) is 53.6 Å². The van der Waals surface area contributed by atoms with Crippen LogP contribution in [0.2, 0.25) is 0 Å². The molecule has 0 radical (unpaired) electrons. The molecule has 4 rings (SSSR count). The summed E-state index contributed by atoms with van der Waals surface area (Å²) in [4.78, 5) is 17.2. The summed E-state index contributed by atoms with van der Waals surface area (Å²) in [5, 5.41) is 6.85. The van der Waals surface area contributed by atoms with Crippen LogP contribution in [0.15, 0.2) is 47.5 Å². The predicted molar refractivity (Wildman–Crippen MR) is 136 cm³/mol. The van der Waals surface area contributed by atoms with Gasteiger partial charge in [-0.3, -0.25) is 9.79 Å². The number of ether oxygens (including phenoxy) is 2. The fourth-order valence-corrected chi connectivity index (χ4v) is 7.63. The average Bonchev–Trinajstić information content (AvgIpc) is 3.28. The molecule has 2 N–H and O–H groups in total. The number of benzene rings is 2. The highest BCUT2D eigenvalue weighted by Crippen LogP contribution is 2.34. The van der Waals surface area contributed by atoms with Gasteiger partial charge in [-0.25, -0.2) is 8.42 Å². The van der Waals surface area contributed by atoms with Crippen molar-refractivity contribution in [2.24, 2.45) is 4.99 Å². The van der Waals surface area contributed by atoms with Crippen LogP contribution in [-0.4, -0.2) is 62.0 Å². The molecule has 8 nitrogen and oxygen atoms in total. The van der Waals surface area contributed by atoms with Crippen LogP contribution in [0.25, 0.3) is 0 Å². The Hall–Kier alpha value is -2.72. The van der Waals surface area contributed by atoms with Crippen LogP contribution in [-0.2, 0) is 16.3 Å². The van der Waals surface area contributed by atoms with Crippen LogP contribution < -0.4 is 20.1 Å². The molecular weight excluding hydrogens is 474 g/mol. The molecule has 182 valence electrons. The van der Waals surface area contributed by atoms with Crippen LogP contribution >= 0.6 is 11.8 Å². The van der Waals surface area contributed by atoms with E-state index < -0.39 is 9.84 Å². The van der Waals surface area contributed by atoms with Gasteiger partial charge in [0, 0.05) is 23.0 Å². The smallest absolute Gasteiger partial charge is 0.251 e. The Balaban J connectivity index is 1.31. The molecule has 0 spiro atoms. The molecule has 2 aliphatic heterocycles. The Morgan fingerprint density at radius 2 is 1.88 bits per heavy atom. The third-order valence-corrected chi connectivity index (χ3v) is 8.64. The maximum absolute atomic E-state index is 12.7. The summed E-state index contributed by atoms with van der Waals surface area (Å²) in [6.07, 6.45) is 0.662. The van der Waals surface area contributed by atoms with Gasteiger partial charge in [0.1, 0.15) is 0 Å². The summed E-state index contributed by atoms with van der Waals surface area (Å²) in [7, 11) is -2.98. The third-order valence-electron chi connectivity index (χ3n) is 5.50. The highest BCUT2D eigenvalue weighted by molar-refractivity contribution is 8.15. The van der Waals surface area contributed by atoms with Crippen molar-refractivity contribution in [1.29, 1.82) is 0 Å². The Morgan fingerprint density at radius 3 is 2.65 bits per heavy atom. The van der Waals surface area contributed by atoms with Gasteiger partial charge < -0.3 is 20.1 Å². The van der Waals surface area contributed by atoms with Gasteiger partial charge in [0.05, 0.1) is 30.8 Å². The highest BCUT2D eigenvalue weighted by Gasteiger charge is 2.42. The molecule has 2 aromatic rings. The quantitative estimate of drug-likeness (QED) is 0.542. The minimum atomic E-state index is -2.98. The Kier molecular flexibility index (Phi) is 7.67. The SMILES string of the molecule is CCOc1ccc(CCNC(=O)c2cccc(NC3=N[C@H]4CS(=O)(=O)C[C@H]4S3)c2)cc1OCC. The molecule has 1 amide bonds. The molecule has 0 aliphatic carbocycles. The van der Waals surface area contributed by atoms with Crippen LogP contribution in [0.5, 0.6) is 11.5 Å². The number of sulfone groups is 1. The zero-order valence-corrected chi connectivity index (χ0v) is 20.9. The summed E-state index contributed by atoms with van der Waals surface area (Å²) in [5.74, 6) is 1.54. The fourth-order valence-electron chi connectivity index (χ4n) is 3.95. The zero-order chi connectivity index (χ0) is 24.1. The first-order valence-corrected chi connectivity index (χ1v) is 14.1. The second-order valence-corrected chi connectivity index (χ2v) is 11.5. The molecule has 2 aliphatic rings. The second-order valence-electron chi connectivity index (χ2n) is 8.09. The second kappa shape index (κ2) is 10.7. The van der Waals surface area contributed by atoms with Gasteiger partial charge in [-0.1, -0.05) is 23.9 Å². The van der Waals surface area contributed by atoms with E-state index in [2.05, 4.69) is 15.6 Å². The molecule has 2 atom stereocenters. The minimum absolute atomic E-state index is 0.0233. The van der Waals surface area contributed by atoms with Gasteiger partial charge in [-0.15, -0.1) is 0 Å². The lowest BCUT2D eigenvalue weighted by Crippen LogP contribution is -2.25. The topological polar surface area (TPSA) is 106 Å². The summed E-state index contributed by atoms with van der Waals surface area (Å²) < 4.78 is 34.7. The van der Waals surface area contributed by atoms with E-state index in [0.717, 1.165) is 17.0 Å². The maximum Gasteiger partial charge on any atom is 0.251 e. The van der Waals surface area contributed by atoms with Gasteiger partial charge in [0.25, 0.3) is 5.91 Å². The normalized spacial score (nSPS) is 20.4. The Morgan fingerprint density at radius 1 is 1.09 bits per heavy atom. The first-order valence-electron chi connectivity index (χ1n) is 11.4. The number of rotatable bonds is 9. The molecule has 0 aromatic heterocycles. The van der Waals surface area contributed by atoms with Crippen molar-refractivity contribution in [2.45, 2.75) is 31.6 Å². The number of fused-ring (bicyclic) bond motifs is 1. The van der Waals surface area contributed by atoms with E-state index in [-0.39, 0.29) is 28.7 Å². The minimum Gasteiger partial charge on any atom is -0.490 e. The standard InChI is InChI=1S/C24H29N3O5S2/c1-3-31-20-9-8-16(12-21(20)32-4-2)10-11-25-23(28)17-6-5-7-18(13-17)26-24-27-19-14-34(29,30)15-22(19)33-24/h5-9,12-13,19,22H,3-4,10-11,14-15H2,1-2H3,(H,25,28)(H,26,27)/t19-,22+/m0/s1. The van der Waals surface area contributed by atoms with Crippen molar-refractivity contribution in [3.8, 4) is 11.5 Å². The number of hydrogen-bond donors (Lipinski definition) is 2. The molecule has 1 saturated heterocycles. The van der Waals surface area contributed by atoms with E-state index in [4.69, 9.17) is 9.47 Å². The molecule has 2 heterocycles. The van der Waals surface area contributed by atoms with Gasteiger partial charge in [0.15, 0.2) is 26.5 Å². The summed E-state index contributed by atoms with van der Waals surface area (Å²) in [5.41, 5.74) is 2.33. The van der Waals surface area contributed by atoms with E-state index in [9.17, 15) is 13.2 Å². The first kappa shape index (κ1) is 24.4. The number of hydrogen-bond acceptors (Lipinski definition) is 8. The van der Waals surface area contributed by atoms with Crippen LogP contribution in [0, 0.1) is 0 Å². The average molecular weight is 504 g/mol. The number of amidine groups is 1.